The van der Waals surface area contributed by atoms with Gasteiger partial charge < -0.3 is 5.11 Å². The van der Waals surface area contributed by atoms with Gasteiger partial charge in [0, 0.05) is 30.2 Å². The van der Waals surface area contributed by atoms with E-state index in [4.69, 9.17) is 0 Å². The van der Waals surface area contributed by atoms with Crippen LogP contribution in [0.25, 0.3) is 0 Å². The maximum absolute atomic E-state index is 10.2. The van der Waals surface area contributed by atoms with E-state index in [9.17, 15) is 5.11 Å². The zero-order valence-corrected chi connectivity index (χ0v) is 9.68. The van der Waals surface area contributed by atoms with E-state index < -0.39 is 6.10 Å². The first-order valence-corrected chi connectivity index (χ1v) is 5.19. The Morgan fingerprint density at radius 2 is 2.00 bits per heavy atom. The Balaban J connectivity index is 2.41. The lowest BCUT2D eigenvalue weighted by Gasteiger charge is -2.13. The lowest BCUT2D eigenvalue weighted by molar-refractivity contribution is 0.208. The van der Waals surface area contributed by atoms with Gasteiger partial charge in [0.1, 0.15) is 6.10 Å². The van der Waals surface area contributed by atoms with Gasteiger partial charge in [0.2, 0.25) is 0 Å². The molecule has 84 valence electrons. The highest BCUT2D eigenvalue weighted by molar-refractivity contribution is 5.29. The summed E-state index contributed by atoms with van der Waals surface area (Å²) in [5, 5.41) is 14.3. The van der Waals surface area contributed by atoms with Gasteiger partial charge in [-0.2, -0.15) is 5.10 Å². The molecule has 2 rings (SSSR count). The van der Waals surface area contributed by atoms with Crippen molar-refractivity contribution in [2.24, 2.45) is 7.05 Å². The summed E-state index contributed by atoms with van der Waals surface area (Å²) in [5.41, 5.74) is 3.41. The van der Waals surface area contributed by atoms with E-state index in [-0.39, 0.29) is 0 Å². The van der Waals surface area contributed by atoms with Crippen molar-refractivity contribution in [1.82, 2.24) is 14.8 Å². The average molecular weight is 217 g/mol. The minimum Gasteiger partial charge on any atom is -0.382 e. The van der Waals surface area contributed by atoms with E-state index in [0.29, 0.717) is 0 Å². The SMILES string of the molecule is Cc1ccc(C(O)c2ccnn2C)c(C)n1. The zero-order chi connectivity index (χ0) is 11.7. The highest BCUT2D eigenvalue weighted by Crippen LogP contribution is 2.23. The predicted molar refractivity (Wildman–Crippen MR) is 61.0 cm³/mol. The van der Waals surface area contributed by atoms with Crippen LogP contribution in [-0.4, -0.2) is 19.9 Å². The third-order valence-corrected chi connectivity index (χ3v) is 2.70. The smallest absolute Gasteiger partial charge is 0.122 e. The normalized spacial score (nSPS) is 12.8. The molecule has 0 aliphatic rings. The molecule has 2 aromatic heterocycles. The molecule has 1 N–H and O–H groups in total. The minimum atomic E-state index is -0.666. The molecular weight excluding hydrogens is 202 g/mol. The molecule has 0 spiro atoms. The first kappa shape index (κ1) is 10.8. The van der Waals surface area contributed by atoms with Crippen LogP contribution in [0.5, 0.6) is 0 Å². The van der Waals surface area contributed by atoms with Crippen LogP contribution in [0.4, 0.5) is 0 Å². The highest BCUT2D eigenvalue weighted by Gasteiger charge is 2.16. The number of aliphatic hydroxyl groups excluding tert-OH is 1. The second-order valence-corrected chi connectivity index (χ2v) is 3.91. The zero-order valence-electron chi connectivity index (χ0n) is 9.68. The van der Waals surface area contributed by atoms with E-state index in [1.807, 2.05) is 39.1 Å². The molecule has 4 nitrogen and oxygen atoms in total. The third-order valence-electron chi connectivity index (χ3n) is 2.70. The standard InChI is InChI=1S/C12H15N3O/c1-8-4-5-10(9(2)14-8)12(16)11-6-7-13-15(11)3/h4-7,12,16H,1-3H3. The number of nitrogens with zero attached hydrogens (tertiary/aromatic N) is 3. The van der Waals surface area contributed by atoms with E-state index in [2.05, 4.69) is 10.1 Å². The molecule has 2 heterocycles. The monoisotopic (exact) mass is 217 g/mol. The molecule has 0 fully saturated rings. The largest absolute Gasteiger partial charge is 0.382 e. The van der Waals surface area contributed by atoms with Crippen LogP contribution in [0.2, 0.25) is 0 Å². The molecule has 1 atom stereocenters. The summed E-state index contributed by atoms with van der Waals surface area (Å²) in [6, 6.07) is 5.63. The van der Waals surface area contributed by atoms with E-state index in [1.54, 1.807) is 10.9 Å². The topological polar surface area (TPSA) is 50.9 Å². The van der Waals surface area contributed by atoms with E-state index >= 15 is 0 Å². The van der Waals surface area contributed by atoms with Gasteiger partial charge in [-0.3, -0.25) is 9.67 Å². The Hall–Kier alpha value is -1.68. The highest BCUT2D eigenvalue weighted by atomic mass is 16.3. The quantitative estimate of drug-likeness (QED) is 0.829. The van der Waals surface area contributed by atoms with Gasteiger partial charge in [-0.05, 0) is 26.0 Å². The molecule has 0 aliphatic carbocycles. The van der Waals surface area contributed by atoms with Crippen molar-refractivity contribution in [2.45, 2.75) is 20.0 Å². The van der Waals surface area contributed by atoms with Gasteiger partial charge in [0.05, 0.1) is 5.69 Å². The van der Waals surface area contributed by atoms with Crippen LogP contribution < -0.4 is 0 Å². The minimum absolute atomic E-state index is 0.666. The summed E-state index contributed by atoms with van der Waals surface area (Å²) in [5.74, 6) is 0. The average Bonchev–Trinajstić information content (AvgIpc) is 2.63. The molecule has 1 unspecified atom stereocenters. The number of aromatic nitrogens is 3. The molecule has 0 aliphatic heterocycles. The number of aryl methyl sites for hydroxylation is 3. The molecule has 0 saturated heterocycles. The summed E-state index contributed by atoms with van der Waals surface area (Å²) in [4.78, 5) is 4.34. The van der Waals surface area contributed by atoms with E-state index in [0.717, 1.165) is 22.6 Å². The van der Waals surface area contributed by atoms with Gasteiger partial charge in [0.25, 0.3) is 0 Å². The summed E-state index contributed by atoms with van der Waals surface area (Å²) in [6.45, 7) is 3.84. The first-order valence-electron chi connectivity index (χ1n) is 5.19. The summed E-state index contributed by atoms with van der Waals surface area (Å²) < 4.78 is 1.67. The van der Waals surface area contributed by atoms with E-state index in [1.165, 1.54) is 0 Å². The Kier molecular flexibility index (Phi) is 2.75. The number of hydrogen-bond acceptors (Lipinski definition) is 3. The Bertz CT molecular complexity index is 505. The molecule has 0 amide bonds. The van der Waals surface area contributed by atoms with Gasteiger partial charge in [-0.25, -0.2) is 0 Å². The molecule has 0 saturated carbocycles. The first-order chi connectivity index (χ1) is 7.59. The summed E-state index contributed by atoms with van der Waals surface area (Å²) >= 11 is 0. The van der Waals surface area contributed by atoms with Crippen LogP contribution in [0.3, 0.4) is 0 Å². The second kappa shape index (κ2) is 4.06. The fourth-order valence-electron chi connectivity index (χ4n) is 1.80. The van der Waals surface area contributed by atoms with Crippen molar-refractivity contribution in [3.8, 4) is 0 Å². The molecule has 2 aromatic rings. The molecule has 0 radical (unpaired) electrons. The van der Waals surface area contributed by atoms with Crippen molar-refractivity contribution < 1.29 is 5.11 Å². The molecular formula is C12H15N3O. The number of hydrogen-bond donors (Lipinski definition) is 1. The number of aliphatic hydroxyl groups is 1. The lowest BCUT2D eigenvalue weighted by Crippen LogP contribution is -2.09. The van der Waals surface area contributed by atoms with Gasteiger partial charge >= 0.3 is 0 Å². The van der Waals surface area contributed by atoms with Crippen LogP contribution in [0.1, 0.15) is 28.7 Å². The number of pyridine rings is 1. The third kappa shape index (κ3) is 1.84. The lowest BCUT2D eigenvalue weighted by atomic mass is 10.0. The van der Waals surface area contributed by atoms with Crippen LogP contribution >= 0.6 is 0 Å². The van der Waals surface area contributed by atoms with Crippen LogP contribution in [-0.2, 0) is 7.05 Å². The van der Waals surface area contributed by atoms with Crippen molar-refractivity contribution in [1.29, 1.82) is 0 Å². The van der Waals surface area contributed by atoms with Crippen molar-refractivity contribution in [3.63, 3.8) is 0 Å². The molecule has 0 aromatic carbocycles. The van der Waals surface area contributed by atoms with Crippen molar-refractivity contribution in [3.05, 3.63) is 47.0 Å². The molecule has 16 heavy (non-hydrogen) atoms. The van der Waals surface area contributed by atoms with Gasteiger partial charge in [-0.15, -0.1) is 0 Å². The molecule has 0 bridgehead atoms. The maximum atomic E-state index is 10.2. The fourth-order valence-corrected chi connectivity index (χ4v) is 1.80. The van der Waals surface area contributed by atoms with Crippen molar-refractivity contribution >= 4 is 0 Å². The fraction of sp³-hybridized carbons (Fsp3) is 0.333. The number of rotatable bonds is 2. The second-order valence-electron chi connectivity index (χ2n) is 3.91. The predicted octanol–water partition coefficient (Wildman–Crippen LogP) is 1.51. The van der Waals surface area contributed by atoms with Crippen molar-refractivity contribution in [2.75, 3.05) is 0 Å². The van der Waals surface area contributed by atoms with Crippen LogP contribution in [0.15, 0.2) is 24.4 Å². The van der Waals surface area contributed by atoms with Gasteiger partial charge in [-0.1, -0.05) is 6.07 Å². The Morgan fingerprint density at radius 3 is 2.56 bits per heavy atom. The maximum Gasteiger partial charge on any atom is 0.122 e. The Morgan fingerprint density at radius 1 is 1.25 bits per heavy atom. The van der Waals surface area contributed by atoms with Gasteiger partial charge in [0.15, 0.2) is 0 Å². The summed E-state index contributed by atoms with van der Waals surface area (Å²) in [6.07, 6.45) is 1.01. The van der Waals surface area contributed by atoms with Crippen LogP contribution in [0, 0.1) is 13.8 Å². The Labute approximate surface area is 94.6 Å². The molecule has 4 heteroatoms. The summed E-state index contributed by atoms with van der Waals surface area (Å²) in [7, 11) is 1.81.